The van der Waals surface area contributed by atoms with Crippen LogP contribution in [0.5, 0.6) is 0 Å². The lowest BCUT2D eigenvalue weighted by Gasteiger charge is -2.35. The normalized spacial score (nSPS) is 19.7. The molecule has 5 heteroatoms. The Morgan fingerprint density at radius 2 is 2.05 bits per heavy atom. The molecule has 0 bridgehead atoms. The zero-order chi connectivity index (χ0) is 15.3. The molecular formula is C16H26N2O2S. The number of hydrogen-bond acceptors (Lipinski definition) is 4. The van der Waals surface area contributed by atoms with Gasteiger partial charge in [0.1, 0.15) is 0 Å². The average molecular weight is 310 g/mol. The van der Waals surface area contributed by atoms with E-state index in [1.54, 1.807) is 13.0 Å². The van der Waals surface area contributed by atoms with E-state index in [1.807, 2.05) is 18.2 Å². The summed E-state index contributed by atoms with van der Waals surface area (Å²) < 4.78 is 24.6. The molecule has 1 aromatic rings. The van der Waals surface area contributed by atoms with Gasteiger partial charge < -0.3 is 10.2 Å². The Bertz CT molecular complexity index is 557. The molecule has 0 saturated carbocycles. The summed E-state index contributed by atoms with van der Waals surface area (Å²) in [6.07, 6.45) is 2.34. The van der Waals surface area contributed by atoms with Crippen LogP contribution in [0.2, 0.25) is 0 Å². The number of anilines is 1. The highest BCUT2D eigenvalue weighted by molar-refractivity contribution is 7.91. The number of rotatable bonds is 6. The molecule has 118 valence electrons. The number of nitrogens with one attached hydrogen (secondary N) is 1. The molecule has 1 unspecified atom stereocenters. The lowest BCUT2D eigenvalue weighted by molar-refractivity contribution is 0.394. The van der Waals surface area contributed by atoms with Crippen LogP contribution in [-0.4, -0.2) is 40.3 Å². The summed E-state index contributed by atoms with van der Waals surface area (Å²) in [5.74, 6) is 0.745. The maximum atomic E-state index is 12.3. The fraction of sp³-hybridized carbons (Fsp3) is 0.625. The number of para-hydroxylation sites is 1. The van der Waals surface area contributed by atoms with Gasteiger partial charge in [0.15, 0.2) is 9.84 Å². The fourth-order valence-electron chi connectivity index (χ4n) is 2.94. The summed E-state index contributed by atoms with van der Waals surface area (Å²) in [7, 11) is -3.17. The number of sulfone groups is 1. The van der Waals surface area contributed by atoms with E-state index in [0.29, 0.717) is 10.8 Å². The Morgan fingerprint density at radius 1 is 1.29 bits per heavy atom. The number of benzene rings is 1. The highest BCUT2D eigenvalue weighted by Crippen LogP contribution is 2.29. The van der Waals surface area contributed by atoms with Gasteiger partial charge in [0, 0.05) is 13.1 Å². The number of nitrogens with zero attached hydrogens (tertiary/aromatic N) is 1. The van der Waals surface area contributed by atoms with Crippen molar-refractivity contribution >= 4 is 15.5 Å². The average Bonchev–Trinajstić information content (AvgIpc) is 2.53. The zero-order valence-corrected chi connectivity index (χ0v) is 13.8. The van der Waals surface area contributed by atoms with E-state index in [0.717, 1.165) is 38.3 Å². The van der Waals surface area contributed by atoms with Crippen molar-refractivity contribution in [2.45, 2.75) is 31.6 Å². The predicted octanol–water partition coefficient (Wildman–Crippen LogP) is 2.31. The summed E-state index contributed by atoms with van der Waals surface area (Å²) in [4.78, 5) is 2.73. The van der Waals surface area contributed by atoms with Crippen LogP contribution in [0.15, 0.2) is 29.2 Å². The highest BCUT2D eigenvalue weighted by Gasteiger charge is 2.24. The highest BCUT2D eigenvalue weighted by atomic mass is 32.2. The van der Waals surface area contributed by atoms with Gasteiger partial charge in [0.05, 0.1) is 16.3 Å². The number of hydrogen-bond donors (Lipinski definition) is 1. The maximum absolute atomic E-state index is 12.3. The third-order valence-electron chi connectivity index (χ3n) is 4.12. The molecule has 0 spiro atoms. The van der Waals surface area contributed by atoms with Gasteiger partial charge in [0.25, 0.3) is 0 Å². The predicted molar refractivity (Wildman–Crippen MR) is 87.6 cm³/mol. The minimum Gasteiger partial charge on any atom is -0.370 e. The molecule has 1 aliphatic heterocycles. The first-order valence-electron chi connectivity index (χ1n) is 7.86. The maximum Gasteiger partial charge on any atom is 0.180 e. The van der Waals surface area contributed by atoms with Gasteiger partial charge in [-0.05, 0) is 44.0 Å². The molecule has 0 aliphatic carbocycles. The van der Waals surface area contributed by atoms with Crippen molar-refractivity contribution in [1.29, 1.82) is 0 Å². The molecule has 1 fully saturated rings. The van der Waals surface area contributed by atoms with Gasteiger partial charge in [0.2, 0.25) is 0 Å². The molecule has 1 N–H and O–H groups in total. The molecule has 1 aliphatic rings. The minimum atomic E-state index is -3.17. The Morgan fingerprint density at radius 3 is 2.76 bits per heavy atom. The molecule has 1 atom stereocenters. The lowest BCUT2D eigenvalue weighted by Crippen LogP contribution is -2.40. The van der Waals surface area contributed by atoms with E-state index in [9.17, 15) is 8.42 Å². The quantitative estimate of drug-likeness (QED) is 0.876. The van der Waals surface area contributed by atoms with E-state index in [1.165, 1.54) is 6.42 Å². The van der Waals surface area contributed by atoms with E-state index in [-0.39, 0.29) is 5.75 Å². The van der Waals surface area contributed by atoms with Crippen molar-refractivity contribution in [2.75, 3.05) is 36.8 Å². The first-order chi connectivity index (χ1) is 10.1. The third kappa shape index (κ3) is 3.98. The van der Waals surface area contributed by atoms with Crippen LogP contribution in [0.3, 0.4) is 0 Å². The molecule has 4 nitrogen and oxygen atoms in total. The molecule has 1 heterocycles. The molecule has 0 aromatic heterocycles. The van der Waals surface area contributed by atoms with Gasteiger partial charge >= 0.3 is 0 Å². The van der Waals surface area contributed by atoms with Crippen LogP contribution in [0.1, 0.15) is 26.7 Å². The molecule has 2 rings (SSSR count). The van der Waals surface area contributed by atoms with Crippen LogP contribution < -0.4 is 10.2 Å². The SMILES string of the molecule is CCNCC1CCCN(c2ccccc2S(=O)(=O)CC)C1. The summed E-state index contributed by atoms with van der Waals surface area (Å²) in [6, 6.07) is 7.42. The second kappa shape index (κ2) is 7.27. The van der Waals surface area contributed by atoms with Crippen LogP contribution in [0.4, 0.5) is 5.69 Å². The summed E-state index contributed by atoms with van der Waals surface area (Å²) in [5.41, 5.74) is 0.876. The van der Waals surface area contributed by atoms with Crippen molar-refractivity contribution in [3.05, 3.63) is 24.3 Å². The monoisotopic (exact) mass is 310 g/mol. The van der Waals surface area contributed by atoms with Crippen LogP contribution in [-0.2, 0) is 9.84 Å². The van der Waals surface area contributed by atoms with E-state index in [2.05, 4.69) is 17.1 Å². The van der Waals surface area contributed by atoms with Gasteiger partial charge in [-0.1, -0.05) is 26.0 Å². The summed E-state index contributed by atoms with van der Waals surface area (Å²) in [5, 5.41) is 3.40. The first kappa shape index (κ1) is 16.3. The van der Waals surface area contributed by atoms with Crippen LogP contribution in [0.25, 0.3) is 0 Å². The molecule has 1 saturated heterocycles. The van der Waals surface area contributed by atoms with E-state index < -0.39 is 9.84 Å². The summed E-state index contributed by atoms with van der Waals surface area (Å²) >= 11 is 0. The van der Waals surface area contributed by atoms with Gasteiger partial charge in [-0.15, -0.1) is 0 Å². The number of piperidine rings is 1. The van der Waals surface area contributed by atoms with Crippen molar-refractivity contribution in [1.82, 2.24) is 5.32 Å². The van der Waals surface area contributed by atoms with Gasteiger partial charge in [-0.2, -0.15) is 0 Å². The van der Waals surface area contributed by atoms with Gasteiger partial charge in [-0.25, -0.2) is 8.42 Å². The first-order valence-corrected chi connectivity index (χ1v) is 9.51. The van der Waals surface area contributed by atoms with E-state index in [4.69, 9.17) is 0 Å². The molecule has 21 heavy (non-hydrogen) atoms. The van der Waals surface area contributed by atoms with Crippen molar-refractivity contribution in [3.63, 3.8) is 0 Å². The Labute approximate surface area is 128 Å². The van der Waals surface area contributed by atoms with E-state index >= 15 is 0 Å². The second-order valence-electron chi connectivity index (χ2n) is 5.63. The smallest absolute Gasteiger partial charge is 0.180 e. The Hall–Kier alpha value is -1.07. The summed E-state index contributed by atoms with van der Waals surface area (Å²) in [6.45, 7) is 7.69. The van der Waals surface area contributed by atoms with Crippen molar-refractivity contribution < 1.29 is 8.42 Å². The van der Waals surface area contributed by atoms with Gasteiger partial charge in [-0.3, -0.25) is 0 Å². The van der Waals surface area contributed by atoms with Crippen molar-refractivity contribution in [2.24, 2.45) is 5.92 Å². The second-order valence-corrected chi connectivity index (χ2v) is 7.88. The Balaban J connectivity index is 2.22. The van der Waals surface area contributed by atoms with Crippen molar-refractivity contribution in [3.8, 4) is 0 Å². The molecule has 0 amide bonds. The topological polar surface area (TPSA) is 49.4 Å². The lowest BCUT2D eigenvalue weighted by atomic mass is 9.97. The molecular weight excluding hydrogens is 284 g/mol. The standard InChI is InChI=1S/C16H26N2O2S/c1-3-17-12-14-8-7-11-18(13-14)15-9-5-6-10-16(15)21(19,20)4-2/h5-6,9-10,14,17H,3-4,7-8,11-13H2,1-2H3. The molecule has 0 radical (unpaired) electrons. The zero-order valence-electron chi connectivity index (χ0n) is 13.0. The largest absolute Gasteiger partial charge is 0.370 e. The molecule has 1 aromatic carbocycles. The third-order valence-corrected chi connectivity index (χ3v) is 5.90. The van der Waals surface area contributed by atoms with Crippen LogP contribution >= 0.6 is 0 Å². The Kier molecular flexibility index (Phi) is 5.65. The van der Waals surface area contributed by atoms with Crippen LogP contribution in [0, 0.1) is 5.92 Å². The minimum absolute atomic E-state index is 0.151. The fourth-order valence-corrected chi connectivity index (χ4v) is 4.05.